The van der Waals surface area contributed by atoms with Crippen molar-refractivity contribution < 1.29 is 0 Å². The first kappa shape index (κ1) is 20.2. The molecule has 0 amide bonds. The fraction of sp³-hybridized carbons (Fsp3) is 0.276. The monoisotopic (exact) mass is 391 g/mol. The molecule has 0 fully saturated rings. The number of nitrogens with zero attached hydrogens (tertiary/aromatic N) is 1. The van der Waals surface area contributed by atoms with Crippen LogP contribution in [0.5, 0.6) is 0 Å². The Bertz CT molecular complexity index is 1120. The van der Waals surface area contributed by atoms with Crippen LogP contribution in [-0.4, -0.2) is 5.71 Å². The Morgan fingerprint density at radius 3 is 2.17 bits per heavy atom. The van der Waals surface area contributed by atoms with E-state index in [1.54, 1.807) is 0 Å². The van der Waals surface area contributed by atoms with E-state index in [2.05, 4.69) is 94.3 Å². The molecule has 30 heavy (non-hydrogen) atoms. The summed E-state index contributed by atoms with van der Waals surface area (Å²) in [5.41, 5.74) is 9.44. The molecule has 0 aromatic heterocycles. The zero-order valence-electron chi connectivity index (χ0n) is 18.4. The van der Waals surface area contributed by atoms with Gasteiger partial charge in [-0.2, -0.15) is 0 Å². The first-order valence-corrected chi connectivity index (χ1v) is 10.8. The summed E-state index contributed by atoms with van der Waals surface area (Å²) < 4.78 is 0. The molecule has 4 rings (SSSR count). The van der Waals surface area contributed by atoms with Gasteiger partial charge in [-0.05, 0) is 51.8 Å². The quantitative estimate of drug-likeness (QED) is 0.420. The summed E-state index contributed by atoms with van der Waals surface area (Å²) in [7, 11) is 0. The highest BCUT2D eigenvalue weighted by molar-refractivity contribution is 6.07. The minimum atomic E-state index is 0.0328. The second kappa shape index (κ2) is 7.96. The maximum Gasteiger partial charge on any atom is 0.0808 e. The second-order valence-corrected chi connectivity index (χ2v) is 9.10. The maximum absolute atomic E-state index is 6.04. The van der Waals surface area contributed by atoms with Crippen LogP contribution in [0.3, 0.4) is 0 Å². The van der Waals surface area contributed by atoms with E-state index in [1.165, 1.54) is 16.7 Å². The van der Waals surface area contributed by atoms with Crippen molar-refractivity contribution in [2.45, 2.75) is 52.0 Å². The fourth-order valence-electron chi connectivity index (χ4n) is 4.01. The third-order valence-electron chi connectivity index (χ3n) is 6.02. The normalized spacial score (nSPS) is 15.8. The molecule has 1 heteroatoms. The molecule has 1 aliphatic heterocycles. The molecule has 1 heterocycles. The Labute approximate surface area is 180 Å². The first-order chi connectivity index (χ1) is 14.4. The zero-order chi connectivity index (χ0) is 21.3. The van der Waals surface area contributed by atoms with Crippen LogP contribution in [0, 0.1) is 12.3 Å². The number of terminal acetylenes is 1. The third kappa shape index (κ3) is 3.83. The summed E-state index contributed by atoms with van der Waals surface area (Å²) in [6, 6.07) is 24.0. The van der Waals surface area contributed by atoms with E-state index >= 15 is 0 Å². The molecule has 0 radical (unpaired) electrons. The molecule has 0 aliphatic carbocycles. The average molecular weight is 392 g/mol. The molecule has 0 N–H and O–H groups in total. The van der Waals surface area contributed by atoms with E-state index in [0.717, 1.165) is 40.8 Å². The lowest BCUT2D eigenvalue weighted by molar-refractivity contribution is 0.590. The van der Waals surface area contributed by atoms with Crippen molar-refractivity contribution in [3.8, 4) is 23.5 Å². The highest BCUT2D eigenvalue weighted by atomic mass is 14.9. The van der Waals surface area contributed by atoms with E-state index in [9.17, 15) is 0 Å². The molecule has 0 saturated carbocycles. The summed E-state index contributed by atoms with van der Waals surface area (Å²) >= 11 is 0. The van der Waals surface area contributed by atoms with Gasteiger partial charge in [-0.15, -0.1) is 6.42 Å². The number of aryl methyl sites for hydroxylation is 1. The van der Waals surface area contributed by atoms with Gasteiger partial charge in [0.05, 0.1) is 6.04 Å². The Morgan fingerprint density at radius 1 is 0.967 bits per heavy atom. The highest BCUT2D eigenvalue weighted by Crippen LogP contribution is 2.38. The molecule has 1 nitrogen and oxygen atoms in total. The van der Waals surface area contributed by atoms with Gasteiger partial charge in [0.25, 0.3) is 0 Å². The van der Waals surface area contributed by atoms with Gasteiger partial charge in [0.15, 0.2) is 0 Å². The van der Waals surface area contributed by atoms with Crippen LogP contribution in [0.4, 0.5) is 0 Å². The van der Waals surface area contributed by atoms with E-state index in [4.69, 9.17) is 11.4 Å². The smallest absolute Gasteiger partial charge is 0.0808 e. The van der Waals surface area contributed by atoms with Crippen LogP contribution in [0.15, 0.2) is 71.7 Å². The minimum Gasteiger partial charge on any atom is -0.281 e. The second-order valence-electron chi connectivity index (χ2n) is 9.10. The molecule has 3 aromatic rings. The molecule has 1 aliphatic rings. The van der Waals surface area contributed by atoms with Gasteiger partial charge in [0.2, 0.25) is 0 Å². The summed E-state index contributed by atoms with van der Waals surface area (Å²) in [4.78, 5) is 5.01. The van der Waals surface area contributed by atoms with Crippen molar-refractivity contribution in [3.05, 3.63) is 94.5 Å². The Balaban J connectivity index is 1.78. The van der Waals surface area contributed by atoms with Crippen molar-refractivity contribution in [3.63, 3.8) is 0 Å². The van der Waals surface area contributed by atoms with Crippen molar-refractivity contribution in [2.24, 2.45) is 4.99 Å². The predicted octanol–water partition coefficient (Wildman–Crippen LogP) is 7.13. The van der Waals surface area contributed by atoms with Crippen LogP contribution in [0.1, 0.15) is 68.0 Å². The number of rotatable bonds is 4. The number of aliphatic imine (C=N–C) groups is 1. The van der Waals surface area contributed by atoms with Gasteiger partial charge in [-0.3, -0.25) is 4.99 Å². The molecule has 0 saturated heterocycles. The molecule has 1 atom stereocenters. The molecule has 0 spiro atoms. The molecule has 150 valence electrons. The van der Waals surface area contributed by atoms with Crippen LogP contribution in [0.25, 0.3) is 11.1 Å². The van der Waals surface area contributed by atoms with Crippen molar-refractivity contribution >= 4 is 5.71 Å². The van der Waals surface area contributed by atoms with Gasteiger partial charge in [-0.25, -0.2) is 0 Å². The van der Waals surface area contributed by atoms with Crippen LogP contribution >= 0.6 is 0 Å². The largest absolute Gasteiger partial charge is 0.281 e. The lowest BCUT2D eigenvalue weighted by Crippen LogP contribution is -2.21. The number of hydrogen-bond donors (Lipinski definition) is 0. The van der Waals surface area contributed by atoms with E-state index < -0.39 is 0 Å². The van der Waals surface area contributed by atoms with Gasteiger partial charge in [0, 0.05) is 23.3 Å². The highest BCUT2D eigenvalue weighted by Gasteiger charge is 2.28. The number of hydrogen-bond acceptors (Lipinski definition) is 1. The molecule has 1 unspecified atom stereocenters. The summed E-state index contributed by atoms with van der Waals surface area (Å²) in [6.07, 6.45) is 8.03. The first-order valence-electron chi connectivity index (χ1n) is 10.8. The van der Waals surface area contributed by atoms with Gasteiger partial charge >= 0.3 is 0 Å². The molecular weight excluding hydrogens is 362 g/mol. The minimum absolute atomic E-state index is 0.0328. The topological polar surface area (TPSA) is 12.4 Å². The SMILES string of the molecule is C#Cc1c(C2=NC(c3ccc(CC)cc3)C2)cc(C(C)(C)C)cc1-c1ccccc1. The Morgan fingerprint density at radius 2 is 1.60 bits per heavy atom. The van der Waals surface area contributed by atoms with Gasteiger partial charge < -0.3 is 0 Å². The predicted molar refractivity (Wildman–Crippen MR) is 128 cm³/mol. The molecule has 0 bridgehead atoms. The summed E-state index contributed by atoms with van der Waals surface area (Å²) in [6.45, 7) is 8.92. The van der Waals surface area contributed by atoms with Crippen LogP contribution < -0.4 is 0 Å². The van der Waals surface area contributed by atoms with E-state index in [0.29, 0.717) is 0 Å². The average Bonchev–Trinajstić information content (AvgIpc) is 2.72. The van der Waals surface area contributed by atoms with Gasteiger partial charge in [-0.1, -0.05) is 88.2 Å². The maximum atomic E-state index is 6.04. The van der Waals surface area contributed by atoms with E-state index in [1.807, 2.05) is 6.07 Å². The van der Waals surface area contributed by atoms with Crippen molar-refractivity contribution in [1.82, 2.24) is 0 Å². The van der Waals surface area contributed by atoms with Crippen molar-refractivity contribution in [2.75, 3.05) is 0 Å². The lowest BCUT2D eigenvalue weighted by Gasteiger charge is -2.29. The number of benzene rings is 3. The summed E-state index contributed by atoms with van der Waals surface area (Å²) in [5, 5.41) is 0. The molecular formula is C29H29N. The van der Waals surface area contributed by atoms with Crippen molar-refractivity contribution in [1.29, 1.82) is 0 Å². The zero-order valence-corrected chi connectivity index (χ0v) is 18.4. The van der Waals surface area contributed by atoms with Gasteiger partial charge in [0.1, 0.15) is 0 Å². The molecule has 3 aromatic carbocycles. The summed E-state index contributed by atoms with van der Waals surface area (Å²) in [5.74, 6) is 2.98. The standard InChI is InChI=1S/C29H29N/c1-6-20-13-15-22(16-14-20)27-19-28(30-27)26-18-23(29(3,4)5)17-25(24(26)7-2)21-11-9-8-10-12-21/h2,8-18,27H,6,19H2,1,3-5H3. The lowest BCUT2D eigenvalue weighted by atomic mass is 9.79. The Hall–Kier alpha value is -3.11. The van der Waals surface area contributed by atoms with E-state index in [-0.39, 0.29) is 11.5 Å². The Kier molecular flexibility index (Phi) is 5.35. The van der Waals surface area contributed by atoms with Crippen LogP contribution in [-0.2, 0) is 11.8 Å². The van der Waals surface area contributed by atoms with Crippen LogP contribution in [0.2, 0.25) is 0 Å². The third-order valence-corrected chi connectivity index (χ3v) is 6.02. The fourth-order valence-corrected chi connectivity index (χ4v) is 4.01.